The van der Waals surface area contributed by atoms with E-state index in [1.807, 2.05) is 0 Å². The summed E-state index contributed by atoms with van der Waals surface area (Å²) in [6.07, 6.45) is -2.24. The number of amides is 2. The summed E-state index contributed by atoms with van der Waals surface area (Å²) in [6, 6.07) is 9.56. The lowest BCUT2D eigenvalue weighted by molar-refractivity contribution is -0.137. The summed E-state index contributed by atoms with van der Waals surface area (Å²) in [6.45, 7) is 1.22. The highest BCUT2D eigenvalue weighted by molar-refractivity contribution is 7.91. The van der Waals surface area contributed by atoms with Gasteiger partial charge in [0.2, 0.25) is 11.8 Å². The summed E-state index contributed by atoms with van der Waals surface area (Å²) in [5.74, 6) is -1.79. The predicted octanol–water partition coefficient (Wildman–Crippen LogP) is 3.85. The van der Waals surface area contributed by atoms with Gasteiger partial charge < -0.3 is 10.2 Å². The molecule has 1 N–H and O–H groups in total. The van der Waals surface area contributed by atoms with Crippen molar-refractivity contribution in [1.29, 1.82) is 0 Å². The lowest BCUT2D eigenvalue weighted by Gasteiger charge is -2.21. The topological polar surface area (TPSA) is 83.6 Å². The van der Waals surface area contributed by atoms with Crippen molar-refractivity contribution in [2.45, 2.75) is 43.7 Å². The first-order chi connectivity index (χ1) is 15.5. The van der Waals surface area contributed by atoms with Crippen molar-refractivity contribution >= 4 is 27.3 Å². The molecule has 3 rings (SSSR count). The first-order valence-corrected chi connectivity index (χ1v) is 12.2. The van der Waals surface area contributed by atoms with Gasteiger partial charge in [0.05, 0.1) is 28.4 Å². The van der Waals surface area contributed by atoms with Crippen molar-refractivity contribution < 1.29 is 31.2 Å². The molecule has 0 unspecified atom stereocenters. The number of para-hydroxylation sites is 1. The van der Waals surface area contributed by atoms with Crippen molar-refractivity contribution in [2.24, 2.45) is 0 Å². The molecule has 0 spiro atoms. The Kier molecular flexibility index (Phi) is 7.46. The van der Waals surface area contributed by atoms with E-state index >= 15 is 0 Å². The fraction of sp³-hybridized carbons (Fsp3) is 0.391. The Labute approximate surface area is 190 Å². The summed E-state index contributed by atoms with van der Waals surface area (Å²) in [5.41, 5.74) is 0.750. The first-order valence-electron chi connectivity index (χ1n) is 10.6. The monoisotopic (exact) mass is 482 g/mol. The number of hydrogen-bond donors (Lipinski definition) is 1. The smallest absolute Gasteiger partial charge is 0.334 e. The van der Waals surface area contributed by atoms with Gasteiger partial charge in [-0.25, -0.2) is 8.42 Å². The van der Waals surface area contributed by atoms with Crippen molar-refractivity contribution in [3.05, 3.63) is 59.2 Å². The second-order valence-corrected chi connectivity index (χ2v) is 9.96. The van der Waals surface area contributed by atoms with Crippen LogP contribution in [0.4, 0.5) is 18.9 Å². The van der Waals surface area contributed by atoms with Gasteiger partial charge in [-0.2, -0.15) is 13.2 Å². The number of sulfone groups is 1. The molecule has 0 saturated heterocycles. The SMILES string of the molecule is CCN(CC(=O)Nc1ccccc1C(F)(F)F)C(=O)CCS(=O)(=O)c1ccc2c(c1)CCC2. The Balaban J connectivity index is 1.61. The fourth-order valence-corrected chi connectivity index (χ4v) is 5.09. The number of aryl methyl sites for hydroxylation is 2. The molecule has 2 aromatic rings. The van der Waals surface area contributed by atoms with Crippen LogP contribution >= 0.6 is 0 Å². The largest absolute Gasteiger partial charge is 0.418 e. The summed E-state index contributed by atoms with van der Waals surface area (Å²) >= 11 is 0. The molecule has 0 saturated carbocycles. The molecule has 178 valence electrons. The second kappa shape index (κ2) is 9.94. The van der Waals surface area contributed by atoms with E-state index in [1.165, 1.54) is 12.1 Å². The van der Waals surface area contributed by atoms with Crippen LogP contribution in [0.25, 0.3) is 0 Å². The molecule has 1 aliphatic carbocycles. The van der Waals surface area contributed by atoms with E-state index < -0.39 is 51.4 Å². The zero-order valence-electron chi connectivity index (χ0n) is 18.1. The van der Waals surface area contributed by atoms with Crippen molar-refractivity contribution in [2.75, 3.05) is 24.2 Å². The molecule has 0 fully saturated rings. The molecule has 10 heteroatoms. The summed E-state index contributed by atoms with van der Waals surface area (Å²) in [5, 5.41) is 2.19. The maximum atomic E-state index is 13.1. The van der Waals surface area contributed by atoms with Gasteiger partial charge in [-0.15, -0.1) is 0 Å². The molecule has 0 aromatic heterocycles. The lowest BCUT2D eigenvalue weighted by Crippen LogP contribution is -2.38. The number of fused-ring (bicyclic) bond motifs is 1. The van der Waals surface area contributed by atoms with Gasteiger partial charge in [-0.05, 0) is 61.6 Å². The van der Waals surface area contributed by atoms with Crippen LogP contribution in [0.2, 0.25) is 0 Å². The van der Waals surface area contributed by atoms with Crippen LogP contribution in [0.5, 0.6) is 0 Å². The molecular formula is C23H25F3N2O4S. The number of carbonyl (C=O) groups is 2. The van der Waals surface area contributed by atoms with Crippen LogP contribution in [0.3, 0.4) is 0 Å². The molecule has 1 aliphatic rings. The molecule has 0 atom stereocenters. The van der Waals surface area contributed by atoms with E-state index in [1.54, 1.807) is 25.1 Å². The van der Waals surface area contributed by atoms with Crippen LogP contribution in [0, 0.1) is 0 Å². The number of carbonyl (C=O) groups excluding carboxylic acids is 2. The minimum absolute atomic E-state index is 0.103. The van der Waals surface area contributed by atoms with Crippen molar-refractivity contribution in [1.82, 2.24) is 4.90 Å². The third-order valence-electron chi connectivity index (χ3n) is 5.59. The molecular weight excluding hydrogens is 457 g/mol. The number of benzene rings is 2. The Morgan fingerprint density at radius 2 is 1.76 bits per heavy atom. The minimum Gasteiger partial charge on any atom is -0.334 e. The molecule has 0 bridgehead atoms. The van der Waals surface area contributed by atoms with Crippen LogP contribution in [0.1, 0.15) is 36.5 Å². The molecule has 0 radical (unpaired) electrons. The van der Waals surface area contributed by atoms with Gasteiger partial charge in [-0.3, -0.25) is 9.59 Å². The normalized spacial score (nSPS) is 13.5. The third kappa shape index (κ3) is 6.13. The van der Waals surface area contributed by atoms with Crippen LogP contribution in [0.15, 0.2) is 47.4 Å². The highest BCUT2D eigenvalue weighted by Crippen LogP contribution is 2.34. The van der Waals surface area contributed by atoms with Crippen LogP contribution < -0.4 is 5.32 Å². The van der Waals surface area contributed by atoms with Gasteiger partial charge in [0.25, 0.3) is 0 Å². The number of anilines is 1. The number of halogens is 3. The lowest BCUT2D eigenvalue weighted by atomic mass is 10.1. The van der Waals surface area contributed by atoms with E-state index in [9.17, 15) is 31.2 Å². The summed E-state index contributed by atoms with van der Waals surface area (Å²) < 4.78 is 64.7. The van der Waals surface area contributed by atoms with Gasteiger partial charge >= 0.3 is 6.18 Å². The zero-order valence-corrected chi connectivity index (χ0v) is 18.9. The van der Waals surface area contributed by atoms with Gasteiger partial charge in [0.15, 0.2) is 9.84 Å². The molecule has 2 amide bonds. The van der Waals surface area contributed by atoms with E-state index in [0.29, 0.717) is 0 Å². The Hall–Kier alpha value is -2.88. The Morgan fingerprint density at radius 3 is 2.45 bits per heavy atom. The first kappa shape index (κ1) is 24.8. The number of nitrogens with one attached hydrogen (secondary N) is 1. The number of hydrogen-bond acceptors (Lipinski definition) is 4. The Morgan fingerprint density at radius 1 is 1.06 bits per heavy atom. The van der Waals surface area contributed by atoms with Crippen molar-refractivity contribution in [3.8, 4) is 0 Å². The number of likely N-dealkylation sites (N-methyl/N-ethyl adjacent to an activating group) is 1. The number of rotatable bonds is 8. The highest BCUT2D eigenvalue weighted by atomic mass is 32.2. The highest BCUT2D eigenvalue weighted by Gasteiger charge is 2.33. The van der Waals surface area contributed by atoms with Crippen molar-refractivity contribution in [3.63, 3.8) is 0 Å². The molecule has 33 heavy (non-hydrogen) atoms. The summed E-state index contributed by atoms with van der Waals surface area (Å²) in [7, 11) is -3.69. The molecule has 6 nitrogen and oxygen atoms in total. The zero-order chi connectivity index (χ0) is 24.2. The summed E-state index contributed by atoms with van der Waals surface area (Å²) in [4.78, 5) is 26.1. The average molecular weight is 483 g/mol. The van der Waals surface area contributed by atoms with E-state index in [-0.39, 0.29) is 17.9 Å². The predicted molar refractivity (Wildman–Crippen MR) is 117 cm³/mol. The van der Waals surface area contributed by atoms with E-state index in [2.05, 4.69) is 5.32 Å². The number of alkyl halides is 3. The molecule has 0 heterocycles. The van der Waals surface area contributed by atoms with Gasteiger partial charge in [0, 0.05) is 13.0 Å². The van der Waals surface area contributed by atoms with E-state index in [4.69, 9.17) is 0 Å². The second-order valence-electron chi connectivity index (χ2n) is 7.85. The maximum Gasteiger partial charge on any atom is 0.418 e. The molecule has 0 aliphatic heterocycles. The Bertz CT molecular complexity index is 1150. The average Bonchev–Trinajstić information content (AvgIpc) is 3.23. The van der Waals surface area contributed by atoms with Gasteiger partial charge in [-0.1, -0.05) is 18.2 Å². The number of nitrogens with zero attached hydrogens (tertiary/aromatic N) is 1. The third-order valence-corrected chi connectivity index (χ3v) is 7.30. The van der Waals surface area contributed by atoms with Crippen LogP contribution in [-0.4, -0.2) is 44.0 Å². The standard InChI is InChI=1S/C23H25F3N2O4S/c1-2-28(15-21(29)27-20-9-4-3-8-19(20)23(24,25)26)22(30)12-13-33(31,32)18-11-10-16-6-5-7-17(16)14-18/h3-4,8-11,14H,2,5-7,12-13,15H2,1H3,(H,27,29). The fourth-order valence-electron chi connectivity index (χ4n) is 3.82. The molecule has 2 aromatic carbocycles. The van der Waals surface area contributed by atoms with E-state index in [0.717, 1.165) is 47.4 Å². The van der Waals surface area contributed by atoms with Gasteiger partial charge in [0.1, 0.15) is 0 Å². The maximum absolute atomic E-state index is 13.1. The van der Waals surface area contributed by atoms with Crippen LogP contribution in [-0.2, 0) is 38.4 Å². The minimum atomic E-state index is -4.64. The quantitative estimate of drug-likeness (QED) is 0.620.